The van der Waals surface area contributed by atoms with Crippen LogP contribution in [0.15, 0.2) is 91.0 Å². The molecule has 0 amide bonds. The molecule has 1 saturated heterocycles. The number of rotatable bonds is 5. The summed E-state index contributed by atoms with van der Waals surface area (Å²) in [6, 6.07) is 30.9. The summed E-state index contributed by atoms with van der Waals surface area (Å²) in [7, 11) is 0. The zero-order valence-electron chi connectivity index (χ0n) is 14.4. The minimum Gasteiger partial charge on any atom is -0.379 e. The standard InChI is InChI=1S/C23H23NO/c1-18(19-11-5-2-6-12-19)24-17-22(24)23(25,20-13-7-3-8-14-20)21-15-9-4-10-16-21/h2-16,18,22,25H,17H2,1H3/t18-,22?,24-/m0/s1. The average molecular weight is 329 g/mol. The lowest BCUT2D eigenvalue weighted by Crippen LogP contribution is -2.36. The van der Waals surface area contributed by atoms with Gasteiger partial charge in [0.15, 0.2) is 0 Å². The first-order valence-corrected chi connectivity index (χ1v) is 8.85. The molecule has 126 valence electrons. The Kier molecular flexibility index (Phi) is 4.16. The van der Waals surface area contributed by atoms with Crippen molar-refractivity contribution < 1.29 is 5.11 Å². The summed E-state index contributed by atoms with van der Waals surface area (Å²) in [5.74, 6) is 0. The van der Waals surface area contributed by atoms with E-state index < -0.39 is 5.60 Å². The Morgan fingerprint density at radius 2 is 1.24 bits per heavy atom. The second-order valence-corrected chi connectivity index (χ2v) is 6.80. The monoisotopic (exact) mass is 329 g/mol. The topological polar surface area (TPSA) is 23.2 Å². The molecule has 2 nitrogen and oxygen atoms in total. The normalized spacial score (nSPS) is 20.9. The predicted octanol–water partition coefficient (Wildman–Crippen LogP) is 4.37. The van der Waals surface area contributed by atoms with Gasteiger partial charge in [0, 0.05) is 12.6 Å². The highest BCUT2D eigenvalue weighted by molar-refractivity contribution is 5.41. The molecular weight excluding hydrogens is 306 g/mol. The lowest BCUT2D eigenvalue weighted by Gasteiger charge is -2.31. The van der Waals surface area contributed by atoms with Crippen LogP contribution in [0.3, 0.4) is 0 Å². The van der Waals surface area contributed by atoms with Crippen LogP contribution in [0.4, 0.5) is 0 Å². The summed E-state index contributed by atoms with van der Waals surface area (Å²) in [6.45, 7) is 3.10. The molecule has 1 heterocycles. The first kappa shape index (κ1) is 16.1. The van der Waals surface area contributed by atoms with Crippen LogP contribution in [0.25, 0.3) is 0 Å². The number of benzene rings is 3. The fraction of sp³-hybridized carbons (Fsp3) is 0.217. The Morgan fingerprint density at radius 1 is 0.800 bits per heavy atom. The summed E-state index contributed by atoms with van der Waals surface area (Å²) < 4.78 is 0. The summed E-state index contributed by atoms with van der Waals surface area (Å²) in [5.41, 5.74) is 2.20. The van der Waals surface area contributed by atoms with Crippen LogP contribution in [-0.4, -0.2) is 22.6 Å². The largest absolute Gasteiger partial charge is 0.379 e. The van der Waals surface area contributed by atoms with Gasteiger partial charge in [-0.3, -0.25) is 4.90 Å². The summed E-state index contributed by atoms with van der Waals surface area (Å²) in [6.07, 6.45) is 0. The Bertz CT molecular complexity index is 777. The molecule has 0 aromatic heterocycles. The van der Waals surface area contributed by atoms with E-state index in [0.29, 0.717) is 0 Å². The third-order valence-corrected chi connectivity index (χ3v) is 5.34. The van der Waals surface area contributed by atoms with E-state index in [1.165, 1.54) is 5.56 Å². The van der Waals surface area contributed by atoms with Crippen molar-refractivity contribution in [2.45, 2.75) is 24.6 Å². The molecule has 1 unspecified atom stereocenters. The van der Waals surface area contributed by atoms with Crippen LogP contribution in [0.1, 0.15) is 29.7 Å². The quantitative estimate of drug-likeness (QED) is 0.703. The van der Waals surface area contributed by atoms with E-state index in [9.17, 15) is 5.11 Å². The van der Waals surface area contributed by atoms with E-state index in [2.05, 4.69) is 36.1 Å². The van der Waals surface area contributed by atoms with Crippen molar-refractivity contribution in [2.24, 2.45) is 0 Å². The van der Waals surface area contributed by atoms with Gasteiger partial charge in [-0.25, -0.2) is 0 Å². The van der Waals surface area contributed by atoms with Crippen LogP contribution < -0.4 is 0 Å². The molecule has 1 aliphatic heterocycles. The van der Waals surface area contributed by atoms with Crippen molar-refractivity contribution in [1.82, 2.24) is 4.90 Å². The molecule has 25 heavy (non-hydrogen) atoms. The van der Waals surface area contributed by atoms with Gasteiger partial charge in [0.1, 0.15) is 5.60 Å². The van der Waals surface area contributed by atoms with Gasteiger partial charge in [-0.2, -0.15) is 0 Å². The summed E-state index contributed by atoms with van der Waals surface area (Å²) in [5, 5.41) is 11.8. The minimum atomic E-state index is -0.994. The maximum atomic E-state index is 11.8. The Hall–Kier alpha value is -2.42. The Morgan fingerprint density at radius 3 is 1.72 bits per heavy atom. The van der Waals surface area contributed by atoms with Gasteiger partial charge in [0.05, 0.1) is 6.04 Å². The number of aliphatic hydroxyl groups is 1. The summed E-state index contributed by atoms with van der Waals surface area (Å²) in [4.78, 5) is 2.37. The number of hydrogen-bond acceptors (Lipinski definition) is 2. The lowest BCUT2D eigenvalue weighted by molar-refractivity contribution is 0.0602. The van der Waals surface area contributed by atoms with Gasteiger partial charge < -0.3 is 5.11 Å². The van der Waals surface area contributed by atoms with Crippen LogP contribution in [-0.2, 0) is 5.60 Å². The van der Waals surface area contributed by atoms with Crippen molar-refractivity contribution in [1.29, 1.82) is 0 Å². The first-order valence-electron chi connectivity index (χ1n) is 8.85. The molecule has 0 bridgehead atoms. The van der Waals surface area contributed by atoms with E-state index in [0.717, 1.165) is 17.7 Å². The van der Waals surface area contributed by atoms with Gasteiger partial charge >= 0.3 is 0 Å². The Balaban J connectivity index is 1.69. The third-order valence-electron chi connectivity index (χ3n) is 5.34. The third kappa shape index (κ3) is 2.88. The zero-order valence-corrected chi connectivity index (χ0v) is 14.4. The molecule has 1 fully saturated rings. The molecule has 0 spiro atoms. The zero-order chi connectivity index (χ0) is 17.3. The molecular formula is C23H23NO. The van der Waals surface area contributed by atoms with Crippen LogP contribution in [0, 0.1) is 0 Å². The highest BCUT2D eigenvalue weighted by atomic mass is 16.3. The van der Waals surface area contributed by atoms with Crippen molar-refractivity contribution in [3.63, 3.8) is 0 Å². The predicted molar refractivity (Wildman–Crippen MR) is 101 cm³/mol. The molecule has 0 radical (unpaired) electrons. The van der Waals surface area contributed by atoms with Crippen molar-refractivity contribution in [2.75, 3.05) is 6.54 Å². The smallest absolute Gasteiger partial charge is 0.131 e. The molecule has 1 aliphatic rings. The van der Waals surface area contributed by atoms with Gasteiger partial charge in [0.2, 0.25) is 0 Å². The molecule has 0 saturated carbocycles. The highest BCUT2D eigenvalue weighted by Crippen LogP contribution is 2.46. The molecule has 2 heteroatoms. The average Bonchev–Trinajstić information content (AvgIpc) is 3.50. The van der Waals surface area contributed by atoms with Crippen LogP contribution >= 0.6 is 0 Å². The minimum absolute atomic E-state index is 0.0764. The van der Waals surface area contributed by atoms with Crippen molar-refractivity contribution >= 4 is 0 Å². The number of nitrogens with zero attached hydrogens (tertiary/aromatic N) is 1. The second-order valence-electron chi connectivity index (χ2n) is 6.80. The van der Waals surface area contributed by atoms with E-state index in [1.807, 2.05) is 66.7 Å². The summed E-state index contributed by atoms with van der Waals surface area (Å²) >= 11 is 0. The fourth-order valence-corrected chi connectivity index (χ4v) is 3.81. The molecule has 1 N–H and O–H groups in total. The van der Waals surface area contributed by atoms with Gasteiger partial charge in [-0.05, 0) is 23.6 Å². The van der Waals surface area contributed by atoms with E-state index in [1.54, 1.807) is 0 Å². The lowest BCUT2D eigenvalue weighted by atomic mass is 9.83. The molecule has 0 aliphatic carbocycles. The molecule has 3 aromatic carbocycles. The number of hydrogen-bond donors (Lipinski definition) is 1. The maximum Gasteiger partial charge on any atom is 0.131 e. The van der Waals surface area contributed by atoms with Crippen LogP contribution in [0.5, 0.6) is 0 Å². The molecule has 3 atom stereocenters. The van der Waals surface area contributed by atoms with Gasteiger partial charge in [-0.1, -0.05) is 91.0 Å². The van der Waals surface area contributed by atoms with E-state index >= 15 is 0 Å². The highest BCUT2D eigenvalue weighted by Gasteiger charge is 2.54. The first-order chi connectivity index (χ1) is 12.2. The second kappa shape index (κ2) is 6.47. The Labute approximate surface area is 149 Å². The fourth-order valence-electron chi connectivity index (χ4n) is 3.81. The molecule has 4 rings (SSSR count). The van der Waals surface area contributed by atoms with Crippen molar-refractivity contribution in [3.8, 4) is 0 Å². The van der Waals surface area contributed by atoms with Gasteiger partial charge in [0.25, 0.3) is 0 Å². The van der Waals surface area contributed by atoms with E-state index in [-0.39, 0.29) is 12.1 Å². The van der Waals surface area contributed by atoms with Crippen LogP contribution in [0.2, 0.25) is 0 Å². The maximum absolute atomic E-state index is 11.8. The SMILES string of the molecule is C[C@@H](c1ccccc1)[N@]1CC1C(O)(c1ccccc1)c1ccccc1. The van der Waals surface area contributed by atoms with Crippen molar-refractivity contribution in [3.05, 3.63) is 108 Å². The van der Waals surface area contributed by atoms with Gasteiger partial charge in [-0.15, -0.1) is 0 Å². The van der Waals surface area contributed by atoms with E-state index in [4.69, 9.17) is 0 Å². The molecule has 3 aromatic rings.